The van der Waals surface area contributed by atoms with E-state index in [2.05, 4.69) is 5.10 Å². The molecule has 1 aromatic heterocycles. The monoisotopic (exact) mass is 168 g/mol. The predicted octanol–water partition coefficient (Wildman–Crippen LogP) is 1.55. The molecule has 0 spiro atoms. The largest absolute Gasteiger partial charge is 0.478 e. The summed E-state index contributed by atoms with van der Waals surface area (Å²) < 4.78 is 1.67. The van der Waals surface area contributed by atoms with Gasteiger partial charge in [-0.05, 0) is 13.3 Å². The van der Waals surface area contributed by atoms with Gasteiger partial charge in [-0.3, -0.25) is 4.68 Å². The van der Waals surface area contributed by atoms with E-state index >= 15 is 0 Å². The standard InChI is InChI=1S/C8H12N2O2/c1-3-6(2)10-5-7(4-9-10)8(11)12/h4-6H,3H2,1-2H3,(H,11,12). The summed E-state index contributed by atoms with van der Waals surface area (Å²) in [5, 5.41) is 12.5. The number of carboxylic acids is 1. The van der Waals surface area contributed by atoms with Crippen molar-refractivity contribution in [3.8, 4) is 0 Å². The van der Waals surface area contributed by atoms with Crippen LogP contribution in [0, 0.1) is 0 Å². The molecule has 0 aromatic carbocycles. The molecule has 0 bridgehead atoms. The molecule has 1 atom stereocenters. The summed E-state index contributed by atoms with van der Waals surface area (Å²) >= 11 is 0. The van der Waals surface area contributed by atoms with Crippen LogP contribution in [-0.4, -0.2) is 20.9 Å². The Morgan fingerprint density at radius 1 is 1.83 bits per heavy atom. The van der Waals surface area contributed by atoms with Gasteiger partial charge in [0.15, 0.2) is 0 Å². The molecular weight excluding hydrogens is 156 g/mol. The van der Waals surface area contributed by atoms with E-state index in [1.807, 2.05) is 13.8 Å². The summed E-state index contributed by atoms with van der Waals surface area (Å²) in [6, 6.07) is 0.262. The molecule has 1 unspecified atom stereocenters. The number of rotatable bonds is 3. The minimum absolute atomic E-state index is 0.246. The molecule has 1 rings (SSSR count). The number of nitrogens with zero attached hydrogens (tertiary/aromatic N) is 2. The average molecular weight is 168 g/mol. The number of hydrogen-bond acceptors (Lipinski definition) is 2. The van der Waals surface area contributed by atoms with Crippen LogP contribution in [0.15, 0.2) is 12.4 Å². The van der Waals surface area contributed by atoms with Gasteiger partial charge in [0.05, 0.1) is 11.8 Å². The van der Waals surface area contributed by atoms with E-state index in [4.69, 9.17) is 5.11 Å². The second-order valence-corrected chi connectivity index (χ2v) is 2.77. The molecule has 1 heterocycles. The summed E-state index contributed by atoms with van der Waals surface area (Å²) in [6.45, 7) is 4.03. The Morgan fingerprint density at radius 3 is 2.92 bits per heavy atom. The van der Waals surface area contributed by atoms with E-state index < -0.39 is 5.97 Å². The third kappa shape index (κ3) is 1.64. The first-order valence-corrected chi connectivity index (χ1v) is 3.92. The molecular formula is C8H12N2O2. The van der Waals surface area contributed by atoms with Gasteiger partial charge < -0.3 is 5.11 Å². The molecule has 4 heteroatoms. The van der Waals surface area contributed by atoms with Crippen molar-refractivity contribution in [2.75, 3.05) is 0 Å². The molecule has 0 amide bonds. The molecule has 1 N–H and O–H groups in total. The quantitative estimate of drug-likeness (QED) is 0.745. The third-order valence-corrected chi connectivity index (χ3v) is 1.89. The zero-order valence-corrected chi connectivity index (χ0v) is 7.19. The number of carboxylic acid groups (broad SMARTS) is 1. The molecule has 0 aliphatic heterocycles. The van der Waals surface area contributed by atoms with E-state index in [-0.39, 0.29) is 11.6 Å². The lowest BCUT2D eigenvalue weighted by atomic mass is 10.3. The molecule has 4 nitrogen and oxygen atoms in total. The van der Waals surface area contributed by atoms with Crippen molar-refractivity contribution in [3.05, 3.63) is 18.0 Å². The van der Waals surface area contributed by atoms with Crippen molar-refractivity contribution in [2.24, 2.45) is 0 Å². The molecule has 12 heavy (non-hydrogen) atoms. The zero-order chi connectivity index (χ0) is 9.14. The molecule has 0 aliphatic rings. The van der Waals surface area contributed by atoms with Crippen molar-refractivity contribution >= 4 is 5.97 Å². The fraction of sp³-hybridized carbons (Fsp3) is 0.500. The predicted molar refractivity (Wildman–Crippen MR) is 44.2 cm³/mol. The molecule has 0 saturated carbocycles. The summed E-state index contributed by atoms with van der Waals surface area (Å²) in [4.78, 5) is 10.5. The van der Waals surface area contributed by atoms with Crippen LogP contribution in [0.5, 0.6) is 0 Å². The van der Waals surface area contributed by atoms with Gasteiger partial charge in [0.2, 0.25) is 0 Å². The van der Waals surface area contributed by atoms with Crippen LogP contribution in [0.1, 0.15) is 36.7 Å². The number of hydrogen-bond donors (Lipinski definition) is 1. The van der Waals surface area contributed by atoms with Gasteiger partial charge in [-0.15, -0.1) is 0 Å². The molecule has 1 aromatic rings. The van der Waals surface area contributed by atoms with Gasteiger partial charge in [-0.1, -0.05) is 6.92 Å². The summed E-state index contributed by atoms with van der Waals surface area (Å²) in [5.74, 6) is -0.926. The SMILES string of the molecule is CCC(C)n1cc(C(=O)O)cn1. The van der Waals surface area contributed by atoms with Crippen molar-refractivity contribution in [1.29, 1.82) is 0 Å². The number of carbonyl (C=O) groups is 1. The van der Waals surface area contributed by atoms with Gasteiger partial charge in [-0.2, -0.15) is 5.10 Å². The maximum atomic E-state index is 10.5. The van der Waals surface area contributed by atoms with Gasteiger partial charge in [-0.25, -0.2) is 4.79 Å². The van der Waals surface area contributed by atoms with Gasteiger partial charge in [0.1, 0.15) is 0 Å². The van der Waals surface area contributed by atoms with Crippen LogP contribution in [0.2, 0.25) is 0 Å². The first kappa shape index (κ1) is 8.77. The lowest BCUT2D eigenvalue weighted by Crippen LogP contribution is -2.03. The first-order valence-electron chi connectivity index (χ1n) is 3.92. The molecule has 66 valence electrons. The van der Waals surface area contributed by atoms with Gasteiger partial charge in [0.25, 0.3) is 0 Å². The normalized spacial score (nSPS) is 12.8. The van der Waals surface area contributed by atoms with E-state index in [0.717, 1.165) is 6.42 Å². The Hall–Kier alpha value is -1.32. The second-order valence-electron chi connectivity index (χ2n) is 2.77. The fourth-order valence-electron chi connectivity index (χ4n) is 0.877. The minimum atomic E-state index is -0.926. The van der Waals surface area contributed by atoms with Crippen LogP contribution in [0.3, 0.4) is 0 Å². The highest BCUT2D eigenvalue weighted by atomic mass is 16.4. The van der Waals surface area contributed by atoms with Gasteiger partial charge in [0, 0.05) is 12.2 Å². The van der Waals surface area contributed by atoms with E-state index in [0.29, 0.717) is 0 Å². The fourth-order valence-corrected chi connectivity index (χ4v) is 0.877. The van der Waals surface area contributed by atoms with Crippen LogP contribution in [0.4, 0.5) is 0 Å². The van der Waals surface area contributed by atoms with E-state index in [1.54, 1.807) is 10.9 Å². The Labute approximate surface area is 70.8 Å². The average Bonchev–Trinajstić information content (AvgIpc) is 2.51. The van der Waals surface area contributed by atoms with Crippen LogP contribution in [-0.2, 0) is 0 Å². The van der Waals surface area contributed by atoms with Crippen molar-refractivity contribution < 1.29 is 9.90 Å². The minimum Gasteiger partial charge on any atom is -0.478 e. The molecule has 0 aliphatic carbocycles. The third-order valence-electron chi connectivity index (χ3n) is 1.89. The van der Waals surface area contributed by atoms with Crippen molar-refractivity contribution in [2.45, 2.75) is 26.3 Å². The van der Waals surface area contributed by atoms with Gasteiger partial charge >= 0.3 is 5.97 Å². The van der Waals surface area contributed by atoms with Crippen LogP contribution >= 0.6 is 0 Å². The smallest absolute Gasteiger partial charge is 0.338 e. The number of aromatic carboxylic acids is 1. The Morgan fingerprint density at radius 2 is 2.50 bits per heavy atom. The van der Waals surface area contributed by atoms with Crippen LogP contribution < -0.4 is 0 Å². The maximum absolute atomic E-state index is 10.5. The highest BCUT2D eigenvalue weighted by Gasteiger charge is 2.08. The second kappa shape index (κ2) is 3.38. The Kier molecular flexibility index (Phi) is 2.47. The lowest BCUT2D eigenvalue weighted by molar-refractivity contribution is 0.0696. The summed E-state index contributed by atoms with van der Waals surface area (Å²) in [5.41, 5.74) is 0.246. The molecule has 0 fully saturated rings. The Bertz CT molecular complexity index is 280. The lowest BCUT2D eigenvalue weighted by Gasteiger charge is -2.07. The zero-order valence-electron chi connectivity index (χ0n) is 7.19. The van der Waals surface area contributed by atoms with Crippen molar-refractivity contribution in [1.82, 2.24) is 9.78 Å². The number of aromatic nitrogens is 2. The molecule has 0 saturated heterocycles. The van der Waals surface area contributed by atoms with Crippen LogP contribution in [0.25, 0.3) is 0 Å². The highest BCUT2D eigenvalue weighted by Crippen LogP contribution is 2.09. The summed E-state index contributed by atoms with van der Waals surface area (Å²) in [6.07, 6.45) is 3.87. The maximum Gasteiger partial charge on any atom is 0.338 e. The highest BCUT2D eigenvalue weighted by molar-refractivity contribution is 5.86. The Balaban J connectivity index is 2.84. The van der Waals surface area contributed by atoms with E-state index in [1.165, 1.54) is 6.20 Å². The van der Waals surface area contributed by atoms with Crippen molar-refractivity contribution in [3.63, 3.8) is 0 Å². The topological polar surface area (TPSA) is 55.1 Å². The summed E-state index contributed by atoms with van der Waals surface area (Å²) in [7, 11) is 0. The van der Waals surface area contributed by atoms with E-state index in [9.17, 15) is 4.79 Å². The molecule has 0 radical (unpaired) electrons. The first-order chi connectivity index (χ1) is 5.65.